The average molecular weight is 208 g/mol. The Kier molecular flexibility index (Phi) is 4.77. The van der Waals surface area contributed by atoms with Gasteiger partial charge in [-0.25, -0.2) is 4.98 Å². The molecular formula is C11H16N2O2. The first kappa shape index (κ1) is 11.7. The first-order valence-corrected chi connectivity index (χ1v) is 5.02. The van der Waals surface area contributed by atoms with Gasteiger partial charge in [0.15, 0.2) is 5.78 Å². The van der Waals surface area contributed by atoms with Gasteiger partial charge < -0.3 is 10.1 Å². The fourth-order valence-electron chi connectivity index (χ4n) is 1.26. The number of ketones is 1. The van der Waals surface area contributed by atoms with E-state index in [2.05, 4.69) is 10.3 Å². The molecule has 1 aromatic heterocycles. The normalized spacial score (nSPS) is 10.0. The van der Waals surface area contributed by atoms with Crippen molar-refractivity contribution < 1.29 is 9.53 Å². The lowest BCUT2D eigenvalue weighted by Gasteiger charge is -2.05. The number of hydrogen-bond acceptors (Lipinski definition) is 4. The zero-order valence-corrected chi connectivity index (χ0v) is 9.12. The summed E-state index contributed by atoms with van der Waals surface area (Å²) < 4.78 is 5.07. The van der Waals surface area contributed by atoms with Crippen LogP contribution < -0.4 is 10.1 Å². The van der Waals surface area contributed by atoms with Crippen LogP contribution in [0.15, 0.2) is 18.3 Å². The summed E-state index contributed by atoms with van der Waals surface area (Å²) in [5.41, 5.74) is 0.415. The molecule has 1 heterocycles. The van der Waals surface area contributed by atoms with Crippen molar-refractivity contribution in [2.45, 2.75) is 13.3 Å². The van der Waals surface area contributed by atoms with Crippen LogP contribution in [-0.4, -0.2) is 31.0 Å². The number of nitrogens with zero attached hydrogens (tertiary/aromatic N) is 1. The molecule has 0 unspecified atom stereocenters. The quantitative estimate of drug-likeness (QED) is 0.565. The maximum Gasteiger partial charge on any atom is 0.186 e. The minimum Gasteiger partial charge on any atom is -0.494 e. The number of nitrogens with one attached hydrogen (secondary N) is 1. The molecule has 0 aliphatic heterocycles. The first-order chi connectivity index (χ1) is 7.29. The molecule has 1 rings (SSSR count). The van der Waals surface area contributed by atoms with Gasteiger partial charge in [0.25, 0.3) is 0 Å². The van der Waals surface area contributed by atoms with Crippen molar-refractivity contribution in [1.82, 2.24) is 10.3 Å². The van der Waals surface area contributed by atoms with Crippen molar-refractivity contribution in [3.05, 3.63) is 24.0 Å². The van der Waals surface area contributed by atoms with E-state index in [1.54, 1.807) is 18.3 Å². The Balaban J connectivity index is 2.64. The summed E-state index contributed by atoms with van der Waals surface area (Å²) in [5, 5.41) is 3.10. The van der Waals surface area contributed by atoms with Gasteiger partial charge in [0.1, 0.15) is 11.4 Å². The highest BCUT2D eigenvalue weighted by Gasteiger charge is 2.12. The maximum absolute atomic E-state index is 11.7. The number of rotatable bonds is 6. The Morgan fingerprint density at radius 1 is 1.60 bits per heavy atom. The van der Waals surface area contributed by atoms with Gasteiger partial charge in [-0.3, -0.25) is 4.79 Å². The minimum absolute atomic E-state index is 0.00778. The summed E-state index contributed by atoms with van der Waals surface area (Å²) in [6, 6.07) is 3.49. The Morgan fingerprint density at radius 3 is 3.07 bits per heavy atom. The van der Waals surface area contributed by atoms with Crippen molar-refractivity contribution in [2.24, 2.45) is 0 Å². The molecule has 0 radical (unpaired) electrons. The number of pyridine rings is 1. The highest BCUT2D eigenvalue weighted by Crippen LogP contribution is 2.15. The van der Waals surface area contributed by atoms with Gasteiger partial charge in [0.05, 0.1) is 7.11 Å². The highest BCUT2D eigenvalue weighted by molar-refractivity contribution is 5.96. The first-order valence-electron chi connectivity index (χ1n) is 5.02. The number of ether oxygens (including phenoxy) is 1. The van der Waals surface area contributed by atoms with Crippen molar-refractivity contribution in [3.63, 3.8) is 0 Å². The second-order valence-electron chi connectivity index (χ2n) is 3.08. The van der Waals surface area contributed by atoms with Crippen LogP contribution in [0.1, 0.15) is 23.8 Å². The third-order valence-electron chi connectivity index (χ3n) is 2.03. The molecule has 0 amide bonds. The van der Waals surface area contributed by atoms with Crippen LogP contribution in [0.4, 0.5) is 0 Å². The van der Waals surface area contributed by atoms with Gasteiger partial charge in [-0.2, -0.15) is 0 Å². The Hall–Kier alpha value is -1.42. The minimum atomic E-state index is 0.00778. The Morgan fingerprint density at radius 2 is 2.40 bits per heavy atom. The predicted molar refractivity (Wildman–Crippen MR) is 58.3 cm³/mol. The summed E-state index contributed by atoms with van der Waals surface area (Å²) in [6.07, 6.45) is 2.05. The zero-order valence-electron chi connectivity index (χ0n) is 9.12. The molecule has 0 saturated heterocycles. The van der Waals surface area contributed by atoms with Gasteiger partial charge >= 0.3 is 0 Å². The number of aromatic nitrogens is 1. The van der Waals surface area contributed by atoms with Crippen LogP contribution in [0.3, 0.4) is 0 Å². The molecule has 0 bridgehead atoms. The maximum atomic E-state index is 11.7. The molecule has 15 heavy (non-hydrogen) atoms. The number of hydrogen-bond donors (Lipinski definition) is 1. The van der Waals surface area contributed by atoms with E-state index in [0.29, 0.717) is 24.4 Å². The van der Waals surface area contributed by atoms with Gasteiger partial charge in [0.2, 0.25) is 0 Å². The van der Waals surface area contributed by atoms with E-state index >= 15 is 0 Å². The van der Waals surface area contributed by atoms with E-state index < -0.39 is 0 Å². The lowest BCUT2D eigenvalue weighted by atomic mass is 10.2. The largest absolute Gasteiger partial charge is 0.494 e. The van der Waals surface area contributed by atoms with Gasteiger partial charge in [-0.1, -0.05) is 6.92 Å². The van der Waals surface area contributed by atoms with Gasteiger partial charge in [0, 0.05) is 19.2 Å². The van der Waals surface area contributed by atoms with Crippen molar-refractivity contribution in [3.8, 4) is 5.75 Å². The summed E-state index contributed by atoms with van der Waals surface area (Å²) in [5.74, 6) is 0.549. The fourth-order valence-corrected chi connectivity index (χ4v) is 1.26. The molecule has 0 saturated carbocycles. The van der Waals surface area contributed by atoms with E-state index in [1.165, 1.54) is 7.11 Å². The topological polar surface area (TPSA) is 51.2 Å². The third kappa shape index (κ3) is 3.32. The summed E-state index contributed by atoms with van der Waals surface area (Å²) >= 11 is 0. The molecule has 1 N–H and O–H groups in total. The van der Waals surface area contributed by atoms with E-state index in [0.717, 1.165) is 6.54 Å². The molecule has 0 fully saturated rings. The van der Waals surface area contributed by atoms with Crippen LogP contribution in [0.25, 0.3) is 0 Å². The molecule has 0 aromatic carbocycles. The second-order valence-corrected chi connectivity index (χ2v) is 3.08. The van der Waals surface area contributed by atoms with E-state index in [-0.39, 0.29) is 5.78 Å². The summed E-state index contributed by atoms with van der Waals surface area (Å²) in [6.45, 7) is 3.55. The molecule has 4 nitrogen and oxygen atoms in total. The number of carbonyl (C=O) groups is 1. The van der Waals surface area contributed by atoms with Crippen molar-refractivity contribution >= 4 is 5.78 Å². The van der Waals surface area contributed by atoms with Crippen LogP contribution in [0, 0.1) is 0 Å². The second kappa shape index (κ2) is 6.14. The van der Waals surface area contributed by atoms with E-state index in [1.807, 2.05) is 6.92 Å². The standard InChI is InChI=1S/C11H16N2O2/c1-3-12-8-6-9(14)11-10(15-2)5-4-7-13-11/h4-5,7,12H,3,6,8H2,1-2H3. The molecule has 0 atom stereocenters. The zero-order chi connectivity index (χ0) is 11.1. The molecule has 0 aliphatic carbocycles. The number of methoxy groups -OCH3 is 1. The highest BCUT2D eigenvalue weighted by atomic mass is 16.5. The van der Waals surface area contributed by atoms with Crippen molar-refractivity contribution in [1.29, 1.82) is 0 Å². The lowest BCUT2D eigenvalue weighted by molar-refractivity contribution is 0.0974. The monoisotopic (exact) mass is 208 g/mol. The van der Waals surface area contributed by atoms with Crippen LogP contribution in [0.5, 0.6) is 5.75 Å². The summed E-state index contributed by atoms with van der Waals surface area (Å²) in [4.78, 5) is 15.7. The average Bonchev–Trinajstić information content (AvgIpc) is 2.29. The Bertz CT molecular complexity index is 326. The van der Waals surface area contributed by atoms with Crippen LogP contribution in [0.2, 0.25) is 0 Å². The van der Waals surface area contributed by atoms with E-state index in [4.69, 9.17) is 4.74 Å². The number of carbonyl (C=O) groups excluding carboxylic acids is 1. The van der Waals surface area contributed by atoms with Gasteiger partial charge in [-0.15, -0.1) is 0 Å². The SMILES string of the molecule is CCNCCC(=O)c1ncccc1OC. The fraction of sp³-hybridized carbons (Fsp3) is 0.455. The third-order valence-corrected chi connectivity index (χ3v) is 2.03. The molecule has 4 heteroatoms. The Labute approximate surface area is 89.7 Å². The van der Waals surface area contributed by atoms with Gasteiger partial charge in [-0.05, 0) is 18.7 Å². The predicted octanol–water partition coefficient (Wildman–Crippen LogP) is 1.27. The van der Waals surface area contributed by atoms with Crippen LogP contribution >= 0.6 is 0 Å². The lowest BCUT2D eigenvalue weighted by Crippen LogP contribution is -2.18. The molecule has 82 valence electrons. The molecular weight excluding hydrogens is 192 g/mol. The molecule has 0 aliphatic rings. The number of Topliss-reactive ketones (excluding diaryl/α,β-unsaturated/α-hetero) is 1. The smallest absolute Gasteiger partial charge is 0.186 e. The molecule has 1 aromatic rings. The van der Waals surface area contributed by atoms with Crippen LogP contribution in [-0.2, 0) is 0 Å². The van der Waals surface area contributed by atoms with Crippen molar-refractivity contribution in [2.75, 3.05) is 20.2 Å². The summed E-state index contributed by atoms with van der Waals surface area (Å²) in [7, 11) is 1.54. The molecule has 0 spiro atoms. The van der Waals surface area contributed by atoms with E-state index in [9.17, 15) is 4.79 Å².